The van der Waals surface area contributed by atoms with Crippen LogP contribution in [0.1, 0.15) is 40.0 Å². The highest BCUT2D eigenvalue weighted by molar-refractivity contribution is 9.10. The summed E-state index contributed by atoms with van der Waals surface area (Å²) < 4.78 is 31.2. The van der Waals surface area contributed by atoms with Crippen LogP contribution < -0.4 is 0 Å². The molecule has 4 aliphatic carbocycles. The lowest BCUT2D eigenvalue weighted by Gasteiger charge is -2.63. The first-order valence-corrected chi connectivity index (χ1v) is 10.8. The number of allylic oxidation sites excluding steroid dienone is 4. The molecule has 158 valence electrons. The monoisotopic (exact) mass is 470 g/mol. The van der Waals surface area contributed by atoms with E-state index >= 15 is 8.78 Å². The Balaban J connectivity index is 1.89. The molecular weight excluding hydrogens is 446 g/mol. The second-order valence-corrected chi connectivity index (χ2v) is 10.9. The highest BCUT2D eigenvalue weighted by Gasteiger charge is 2.77. The zero-order chi connectivity index (χ0) is 21.6. The molecule has 4 rings (SSSR count). The van der Waals surface area contributed by atoms with Gasteiger partial charge in [-0.3, -0.25) is 14.4 Å². The second-order valence-electron chi connectivity index (χ2n) is 9.70. The topological polar surface area (TPSA) is 71.4 Å². The van der Waals surface area contributed by atoms with Crippen molar-refractivity contribution in [3.63, 3.8) is 0 Å². The van der Waals surface area contributed by atoms with Crippen LogP contribution in [0.5, 0.6) is 0 Å². The fraction of sp³-hybridized carbons (Fsp3) is 0.682. The third-order valence-corrected chi connectivity index (χ3v) is 10.7. The maximum atomic E-state index is 16.9. The number of rotatable bonds is 2. The summed E-state index contributed by atoms with van der Waals surface area (Å²) in [7, 11) is 0. The summed E-state index contributed by atoms with van der Waals surface area (Å²) in [6, 6.07) is 0. The van der Waals surface area contributed by atoms with Crippen molar-refractivity contribution >= 4 is 33.8 Å². The molecule has 0 saturated heterocycles. The van der Waals surface area contributed by atoms with Gasteiger partial charge in [-0.15, -0.1) is 0 Å². The molecule has 29 heavy (non-hydrogen) atoms. The van der Waals surface area contributed by atoms with Crippen molar-refractivity contribution in [1.82, 2.24) is 0 Å². The largest absolute Gasteiger partial charge is 0.390 e. The number of Topliss-reactive ketones (excluding diaryl/α,β-unsaturated/α-hetero) is 1. The van der Waals surface area contributed by atoms with Crippen LogP contribution in [-0.2, 0) is 14.4 Å². The van der Waals surface area contributed by atoms with Crippen molar-refractivity contribution in [2.45, 2.75) is 62.3 Å². The third kappa shape index (κ3) is 2.24. The van der Waals surface area contributed by atoms with Crippen LogP contribution in [0.3, 0.4) is 0 Å². The number of aliphatic hydroxyl groups excluding tert-OH is 1. The van der Waals surface area contributed by atoms with Gasteiger partial charge >= 0.3 is 0 Å². The van der Waals surface area contributed by atoms with E-state index < -0.39 is 50.7 Å². The molecule has 3 fully saturated rings. The zero-order valence-corrected chi connectivity index (χ0v) is 18.2. The molecule has 7 heteroatoms. The van der Waals surface area contributed by atoms with Crippen molar-refractivity contribution in [3.05, 3.63) is 23.8 Å². The highest BCUT2D eigenvalue weighted by Crippen LogP contribution is 2.72. The number of hydrogen-bond acceptors (Lipinski definition) is 4. The Bertz CT molecular complexity index is 871. The lowest BCUT2D eigenvalue weighted by Crippen LogP contribution is -2.70. The lowest BCUT2D eigenvalue weighted by molar-refractivity contribution is -0.209. The van der Waals surface area contributed by atoms with E-state index in [4.69, 9.17) is 0 Å². The summed E-state index contributed by atoms with van der Waals surface area (Å²) in [6.07, 6.45) is 1.31. The van der Waals surface area contributed by atoms with Crippen molar-refractivity contribution in [2.24, 2.45) is 28.6 Å². The van der Waals surface area contributed by atoms with E-state index in [0.29, 0.717) is 12.0 Å². The number of alkyl halides is 3. The molecule has 1 N–H and O–H groups in total. The maximum Gasteiger partial charge on any atom is 0.212 e. The van der Waals surface area contributed by atoms with Crippen molar-refractivity contribution in [3.8, 4) is 0 Å². The van der Waals surface area contributed by atoms with Crippen LogP contribution >= 0.6 is 15.9 Å². The Hall–Kier alpha value is -1.21. The van der Waals surface area contributed by atoms with Crippen LogP contribution in [0, 0.1) is 28.6 Å². The summed E-state index contributed by atoms with van der Waals surface area (Å²) in [4.78, 5) is 35.8. The van der Waals surface area contributed by atoms with Gasteiger partial charge in [-0.25, -0.2) is 8.78 Å². The minimum Gasteiger partial charge on any atom is -0.390 e. The van der Waals surface area contributed by atoms with Crippen LogP contribution in [0.2, 0.25) is 0 Å². The van der Waals surface area contributed by atoms with Crippen molar-refractivity contribution in [1.29, 1.82) is 0 Å². The predicted octanol–water partition coefficient (Wildman–Crippen LogP) is 3.45. The molecule has 0 aromatic carbocycles. The summed E-state index contributed by atoms with van der Waals surface area (Å²) in [5, 5.41) is 11.1. The maximum absolute atomic E-state index is 16.9. The Morgan fingerprint density at radius 2 is 2.03 bits per heavy atom. The van der Waals surface area contributed by atoms with E-state index in [-0.39, 0.29) is 30.8 Å². The Morgan fingerprint density at radius 3 is 2.66 bits per heavy atom. The molecule has 0 aliphatic heterocycles. The minimum atomic E-state index is -2.32. The molecule has 4 nitrogen and oxygen atoms in total. The molecule has 0 radical (unpaired) electrons. The zero-order valence-electron chi connectivity index (χ0n) is 16.6. The standard InChI is InChI=1S/C22H25BrF2O4/c1-11-6-14-18-15(24)8-12-7-13(27)4-5-19(12,2)22(18,25)16(28)9-20(14,3)21(11,23)17(29)10-26/h4-5,7,10-11,14-16,18,28H,6,8-9H2,1-3H3/t11?,14-,15?,16?,18+,19-,20-,21-,22+/m0/s1. The van der Waals surface area contributed by atoms with Crippen LogP contribution in [0.25, 0.3) is 0 Å². The number of aldehydes is 1. The molecule has 3 unspecified atom stereocenters. The van der Waals surface area contributed by atoms with E-state index in [0.717, 1.165) is 0 Å². The van der Waals surface area contributed by atoms with Gasteiger partial charge in [0.05, 0.1) is 10.4 Å². The average Bonchev–Trinajstić information content (AvgIpc) is 2.85. The fourth-order valence-corrected chi connectivity index (χ4v) is 7.81. The van der Waals surface area contributed by atoms with E-state index in [1.54, 1.807) is 20.8 Å². The molecule has 9 atom stereocenters. The molecule has 0 aromatic heterocycles. The number of fused-ring (bicyclic) bond motifs is 5. The van der Waals surface area contributed by atoms with Gasteiger partial charge in [0.15, 0.2) is 17.7 Å². The predicted molar refractivity (Wildman–Crippen MR) is 106 cm³/mol. The van der Waals surface area contributed by atoms with Crippen LogP contribution in [-0.4, -0.2) is 45.2 Å². The lowest BCUT2D eigenvalue weighted by atomic mass is 9.44. The van der Waals surface area contributed by atoms with Gasteiger partial charge in [0, 0.05) is 17.8 Å². The quantitative estimate of drug-likeness (QED) is 0.381. The normalized spacial score (nSPS) is 53.6. The third-order valence-electron chi connectivity index (χ3n) is 8.59. The number of halogens is 3. The van der Waals surface area contributed by atoms with Gasteiger partial charge in [0.25, 0.3) is 0 Å². The first-order chi connectivity index (χ1) is 13.4. The number of carbonyl (C=O) groups is 3. The minimum absolute atomic E-state index is 0.0861. The van der Waals surface area contributed by atoms with Gasteiger partial charge in [0.2, 0.25) is 5.78 Å². The van der Waals surface area contributed by atoms with Gasteiger partial charge < -0.3 is 5.11 Å². The van der Waals surface area contributed by atoms with E-state index in [2.05, 4.69) is 15.9 Å². The summed E-state index contributed by atoms with van der Waals surface area (Å²) in [5.74, 6) is -3.00. The van der Waals surface area contributed by atoms with Crippen LogP contribution in [0.4, 0.5) is 8.78 Å². The van der Waals surface area contributed by atoms with Gasteiger partial charge in [-0.1, -0.05) is 41.4 Å². The molecule has 0 aromatic rings. The number of hydrogen-bond donors (Lipinski definition) is 1. The molecule has 0 amide bonds. The van der Waals surface area contributed by atoms with Gasteiger partial charge in [-0.2, -0.15) is 0 Å². The molecule has 0 bridgehead atoms. The van der Waals surface area contributed by atoms with Crippen LogP contribution in [0.15, 0.2) is 23.8 Å². The highest BCUT2D eigenvalue weighted by atomic mass is 79.9. The second kappa shape index (κ2) is 6.16. The number of carbonyl (C=O) groups excluding carboxylic acids is 3. The van der Waals surface area contributed by atoms with E-state index in [9.17, 15) is 19.5 Å². The summed E-state index contributed by atoms with van der Waals surface area (Å²) >= 11 is 3.50. The summed E-state index contributed by atoms with van der Waals surface area (Å²) in [6.45, 7) is 5.16. The molecule has 4 aliphatic rings. The van der Waals surface area contributed by atoms with Gasteiger partial charge in [0.1, 0.15) is 6.17 Å². The smallest absolute Gasteiger partial charge is 0.212 e. The first-order valence-electron chi connectivity index (χ1n) is 10.0. The van der Waals surface area contributed by atoms with E-state index in [1.165, 1.54) is 18.2 Å². The fourth-order valence-electron chi connectivity index (χ4n) is 7.07. The van der Waals surface area contributed by atoms with E-state index in [1.807, 2.05) is 0 Å². The van der Waals surface area contributed by atoms with Crippen molar-refractivity contribution < 1.29 is 28.3 Å². The average molecular weight is 471 g/mol. The Morgan fingerprint density at radius 1 is 1.38 bits per heavy atom. The van der Waals surface area contributed by atoms with Gasteiger partial charge in [-0.05, 0) is 49.2 Å². The van der Waals surface area contributed by atoms with Crippen molar-refractivity contribution in [2.75, 3.05) is 0 Å². The molecule has 3 saturated carbocycles. The molecule has 0 heterocycles. The Kier molecular flexibility index (Phi) is 4.47. The SMILES string of the molecule is CC1C[C@H]2[C@@H]3C(F)CC4=CC(=O)C=C[C@]4(C)[C@@]3(F)C(O)C[C@]2(C)[C@@]1(Br)C(=O)C=O. The molecular formula is C22H25BrF2O4. The first kappa shape index (κ1) is 21.0. The Labute approximate surface area is 176 Å². The number of aliphatic hydroxyl groups is 1. The summed E-state index contributed by atoms with van der Waals surface area (Å²) in [5.41, 5.74) is -4.25. The molecule has 0 spiro atoms. The number of ketones is 2.